The molecule has 10 heteroatoms. The predicted molar refractivity (Wildman–Crippen MR) is 124 cm³/mol. The van der Waals surface area contributed by atoms with E-state index in [2.05, 4.69) is 20.6 Å². The average molecular weight is 468 g/mol. The summed E-state index contributed by atoms with van der Waals surface area (Å²) in [6.07, 6.45) is 0.296. The fourth-order valence-corrected chi connectivity index (χ4v) is 3.27. The normalized spacial score (nSPS) is 11.8. The number of likely N-dealkylation sites (N-methyl/N-ethyl adjacent to an activating group) is 1. The van der Waals surface area contributed by atoms with Crippen molar-refractivity contribution in [2.24, 2.45) is 0 Å². The van der Waals surface area contributed by atoms with Gasteiger partial charge in [0.15, 0.2) is 5.69 Å². The quantitative estimate of drug-likeness (QED) is 0.378. The molecule has 0 aliphatic carbocycles. The lowest BCUT2D eigenvalue weighted by Gasteiger charge is -2.20. The van der Waals surface area contributed by atoms with Crippen LogP contribution in [0.2, 0.25) is 0 Å². The molecule has 9 nitrogen and oxygen atoms in total. The van der Waals surface area contributed by atoms with Gasteiger partial charge in [-0.05, 0) is 43.8 Å². The molecular formula is C24H26FN5O4. The van der Waals surface area contributed by atoms with Crippen molar-refractivity contribution in [3.05, 3.63) is 93.4 Å². The summed E-state index contributed by atoms with van der Waals surface area (Å²) >= 11 is 0. The summed E-state index contributed by atoms with van der Waals surface area (Å²) in [5.41, 5.74) is 0.116. The second-order valence-corrected chi connectivity index (χ2v) is 8.01. The van der Waals surface area contributed by atoms with E-state index in [-0.39, 0.29) is 24.8 Å². The summed E-state index contributed by atoms with van der Waals surface area (Å²) < 4.78 is 13.1. The zero-order chi connectivity index (χ0) is 24.7. The molecule has 1 atom stereocenters. The summed E-state index contributed by atoms with van der Waals surface area (Å²) in [7, 11) is 3.49. The van der Waals surface area contributed by atoms with Gasteiger partial charge in [0, 0.05) is 6.54 Å². The molecule has 34 heavy (non-hydrogen) atoms. The van der Waals surface area contributed by atoms with Crippen molar-refractivity contribution >= 4 is 11.8 Å². The van der Waals surface area contributed by atoms with Gasteiger partial charge in [-0.2, -0.15) is 0 Å². The van der Waals surface area contributed by atoms with Crippen molar-refractivity contribution in [2.45, 2.75) is 19.0 Å². The van der Waals surface area contributed by atoms with Crippen LogP contribution in [0.4, 0.5) is 4.39 Å². The van der Waals surface area contributed by atoms with Crippen LogP contribution in [-0.4, -0.2) is 52.4 Å². The third-order valence-corrected chi connectivity index (χ3v) is 4.90. The second-order valence-electron chi connectivity index (χ2n) is 8.01. The first-order chi connectivity index (χ1) is 16.2. The van der Waals surface area contributed by atoms with E-state index in [0.717, 1.165) is 5.56 Å². The largest absolute Gasteiger partial charge is 0.501 e. The van der Waals surface area contributed by atoms with Crippen LogP contribution in [-0.2, 0) is 17.8 Å². The lowest BCUT2D eigenvalue weighted by molar-refractivity contribution is -0.122. The van der Waals surface area contributed by atoms with E-state index in [1.165, 1.54) is 24.3 Å². The molecule has 2 aromatic carbocycles. The van der Waals surface area contributed by atoms with E-state index in [4.69, 9.17) is 0 Å². The molecule has 0 aliphatic heterocycles. The van der Waals surface area contributed by atoms with Crippen molar-refractivity contribution in [3.63, 3.8) is 0 Å². The molecule has 1 heterocycles. The average Bonchev–Trinajstić information content (AvgIpc) is 2.80. The van der Waals surface area contributed by atoms with Gasteiger partial charge in [-0.3, -0.25) is 14.4 Å². The number of carbonyl (C=O) groups excluding carboxylic acids is 2. The topological polar surface area (TPSA) is 127 Å². The minimum Gasteiger partial charge on any atom is -0.501 e. The number of nitrogens with one attached hydrogen (secondary N) is 3. The Hall–Kier alpha value is -4.05. The standard InChI is InChI=1S/C24H26FN5O4/c1-30(2)14-19(31)27-18(12-15-6-4-3-5-7-15)22-28-20(21(32)24(34)29-22)23(33)26-13-16-8-10-17(25)11-9-16/h3-11,18,32H,12-14H2,1-2H3,(H,26,33)(H,27,31)(H,28,29,34). The van der Waals surface area contributed by atoms with Crippen molar-refractivity contribution in [2.75, 3.05) is 20.6 Å². The van der Waals surface area contributed by atoms with E-state index in [1.54, 1.807) is 19.0 Å². The number of aromatic nitrogens is 2. The van der Waals surface area contributed by atoms with Crippen molar-refractivity contribution in [1.29, 1.82) is 0 Å². The maximum atomic E-state index is 13.1. The monoisotopic (exact) mass is 467 g/mol. The van der Waals surface area contributed by atoms with Crippen LogP contribution >= 0.6 is 0 Å². The van der Waals surface area contributed by atoms with E-state index in [0.29, 0.717) is 12.0 Å². The van der Waals surface area contributed by atoms with Crippen LogP contribution in [0.15, 0.2) is 59.4 Å². The van der Waals surface area contributed by atoms with Crippen LogP contribution in [0.5, 0.6) is 5.75 Å². The molecule has 1 unspecified atom stereocenters. The Morgan fingerprint density at radius 3 is 2.41 bits per heavy atom. The molecule has 3 rings (SSSR count). The number of aromatic amines is 1. The zero-order valence-corrected chi connectivity index (χ0v) is 18.8. The van der Waals surface area contributed by atoms with Gasteiger partial charge in [-0.25, -0.2) is 9.37 Å². The van der Waals surface area contributed by atoms with E-state index >= 15 is 0 Å². The Labute approximate surface area is 195 Å². The van der Waals surface area contributed by atoms with Gasteiger partial charge in [0.25, 0.3) is 11.5 Å². The number of nitrogens with zero attached hydrogens (tertiary/aromatic N) is 2. The second kappa shape index (κ2) is 11.2. The predicted octanol–water partition coefficient (Wildman–Crippen LogP) is 1.51. The number of amides is 2. The van der Waals surface area contributed by atoms with Gasteiger partial charge in [-0.1, -0.05) is 42.5 Å². The Morgan fingerprint density at radius 2 is 1.76 bits per heavy atom. The molecule has 0 spiro atoms. The number of hydrogen-bond acceptors (Lipinski definition) is 6. The van der Waals surface area contributed by atoms with Gasteiger partial charge in [-0.15, -0.1) is 0 Å². The highest BCUT2D eigenvalue weighted by molar-refractivity contribution is 5.94. The van der Waals surface area contributed by atoms with Crippen LogP contribution in [0.3, 0.4) is 0 Å². The summed E-state index contributed by atoms with van der Waals surface area (Å²) in [6.45, 7) is 0.147. The number of halogens is 1. The maximum absolute atomic E-state index is 13.1. The lowest BCUT2D eigenvalue weighted by Crippen LogP contribution is -2.38. The van der Waals surface area contributed by atoms with Crippen molar-refractivity contribution < 1.29 is 19.1 Å². The molecule has 0 fully saturated rings. The summed E-state index contributed by atoms with van der Waals surface area (Å²) in [5, 5.41) is 15.6. The van der Waals surface area contributed by atoms with Crippen molar-refractivity contribution in [1.82, 2.24) is 25.5 Å². The molecule has 0 saturated heterocycles. The molecule has 1 aromatic heterocycles. The molecule has 2 amide bonds. The number of H-pyrrole nitrogens is 1. The first-order valence-corrected chi connectivity index (χ1v) is 10.6. The minimum atomic E-state index is -0.906. The number of aromatic hydroxyl groups is 1. The van der Waals surface area contributed by atoms with Crippen LogP contribution in [0.1, 0.15) is 33.5 Å². The Kier molecular flexibility index (Phi) is 8.10. The minimum absolute atomic E-state index is 0.0330. The Balaban J connectivity index is 1.87. The highest BCUT2D eigenvalue weighted by Gasteiger charge is 2.24. The molecule has 0 bridgehead atoms. The van der Waals surface area contributed by atoms with Gasteiger partial charge >= 0.3 is 0 Å². The fraction of sp³-hybridized carbons (Fsp3) is 0.250. The van der Waals surface area contributed by atoms with Gasteiger partial charge < -0.3 is 25.6 Å². The molecular weight excluding hydrogens is 441 g/mol. The van der Waals surface area contributed by atoms with Gasteiger partial charge in [0.1, 0.15) is 11.6 Å². The Bertz CT molecular complexity index is 1200. The first-order valence-electron chi connectivity index (χ1n) is 10.6. The van der Waals surface area contributed by atoms with Gasteiger partial charge in [0.05, 0.1) is 12.6 Å². The number of rotatable bonds is 9. The SMILES string of the molecule is CN(C)CC(=O)NC(Cc1ccccc1)c1nc(C(=O)NCc2ccc(F)cc2)c(O)c(=O)[nH]1. The first kappa shape index (κ1) is 24.6. The fourth-order valence-electron chi connectivity index (χ4n) is 3.27. The highest BCUT2D eigenvalue weighted by atomic mass is 19.1. The number of benzene rings is 2. The Morgan fingerprint density at radius 1 is 1.09 bits per heavy atom. The summed E-state index contributed by atoms with van der Waals surface area (Å²) in [5.74, 6) is -2.30. The van der Waals surface area contributed by atoms with Crippen LogP contribution < -0.4 is 16.2 Å². The lowest BCUT2D eigenvalue weighted by atomic mass is 10.0. The number of hydrogen-bond donors (Lipinski definition) is 4. The third kappa shape index (κ3) is 6.72. The highest BCUT2D eigenvalue weighted by Crippen LogP contribution is 2.18. The van der Waals surface area contributed by atoms with Gasteiger partial charge in [0.2, 0.25) is 11.7 Å². The van der Waals surface area contributed by atoms with Crippen molar-refractivity contribution in [3.8, 4) is 5.75 Å². The smallest absolute Gasteiger partial charge is 0.294 e. The van der Waals surface area contributed by atoms with Crippen LogP contribution in [0.25, 0.3) is 0 Å². The molecule has 0 aliphatic rings. The van der Waals surface area contributed by atoms with E-state index in [9.17, 15) is 23.9 Å². The molecule has 0 radical (unpaired) electrons. The summed E-state index contributed by atoms with van der Waals surface area (Å²) in [4.78, 5) is 45.9. The summed E-state index contributed by atoms with van der Waals surface area (Å²) in [6, 6.07) is 14.0. The zero-order valence-electron chi connectivity index (χ0n) is 18.8. The molecule has 4 N–H and O–H groups in total. The van der Waals surface area contributed by atoms with E-state index < -0.39 is 34.8 Å². The third-order valence-electron chi connectivity index (χ3n) is 4.90. The molecule has 178 valence electrons. The number of carbonyl (C=O) groups is 2. The molecule has 0 saturated carbocycles. The van der Waals surface area contributed by atoms with Crippen LogP contribution in [0, 0.1) is 5.82 Å². The molecule has 3 aromatic rings. The van der Waals surface area contributed by atoms with E-state index in [1.807, 2.05) is 30.3 Å². The maximum Gasteiger partial charge on any atom is 0.294 e.